The van der Waals surface area contributed by atoms with Crippen LogP contribution in [0.1, 0.15) is 24.0 Å². The van der Waals surface area contributed by atoms with Crippen molar-refractivity contribution in [2.45, 2.75) is 31.6 Å². The van der Waals surface area contributed by atoms with Crippen molar-refractivity contribution in [3.05, 3.63) is 35.4 Å². The van der Waals surface area contributed by atoms with Gasteiger partial charge in [-0.15, -0.1) is 0 Å². The number of alkyl halides is 3. The van der Waals surface area contributed by atoms with Crippen molar-refractivity contribution >= 4 is 5.84 Å². The molecule has 6 heteroatoms. The van der Waals surface area contributed by atoms with E-state index in [1.54, 1.807) is 24.3 Å². The number of nitrogen functional groups attached to an aromatic ring is 1. The van der Waals surface area contributed by atoms with Gasteiger partial charge in [0.1, 0.15) is 5.84 Å². The third-order valence-electron chi connectivity index (χ3n) is 3.10. The lowest BCUT2D eigenvalue weighted by Gasteiger charge is -2.23. The fourth-order valence-corrected chi connectivity index (χ4v) is 2.01. The molecule has 1 aliphatic rings. The second-order valence-corrected chi connectivity index (χ2v) is 4.86. The predicted molar refractivity (Wildman–Crippen MR) is 66.9 cm³/mol. The number of nitrogens with one attached hydrogen (secondary N) is 1. The van der Waals surface area contributed by atoms with E-state index in [4.69, 9.17) is 11.1 Å². The molecule has 1 saturated carbocycles. The molecule has 0 unspecified atom stereocenters. The molecule has 0 spiro atoms. The molecule has 0 saturated heterocycles. The van der Waals surface area contributed by atoms with Crippen molar-refractivity contribution < 1.29 is 13.2 Å². The number of halogens is 3. The van der Waals surface area contributed by atoms with E-state index in [9.17, 15) is 13.2 Å². The maximum absolute atomic E-state index is 12.5. The lowest BCUT2D eigenvalue weighted by molar-refractivity contribution is -0.148. The fraction of sp³-hybridized carbons (Fsp3) is 0.462. The lowest BCUT2D eigenvalue weighted by Crippen LogP contribution is -2.35. The summed E-state index contributed by atoms with van der Waals surface area (Å²) in [5, 5.41) is 7.26. The van der Waals surface area contributed by atoms with Gasteiger partial charge in [0.2, 0.25) is 0 Å². The van der Waals surface area contributed by atoms with Gasteiger partial charge < -0.3 is 5.73 Å². The Morgan fingerprint density at radius 1 is 1.26 bits per heavy atom. The second-order valence-electron chi connectivity index (χ2n) is 4.86. The van der Waals surface area contributed by atoms with E-state index >= 15 is 0 Å². The van der Waals surface area contributed by atoms with Crippen LogP contribution in [0.25, 0.3) is 0 Å². The third-order valence-corrected chi connectivity index (χ3v) is 3.10. The Hall–Kier alpha value is -1.56. The van der Waals surface area contributed by atoms with E-state index in [0.717, 1.165) is 18.4 Å². The van der Waals surface area contributed by atoms with Gasteiger partial charge in [-0.25, -0.2) is 0 Å². The van der Waals surface area contributed by atoms with Crippen LogP contribution >= 0.6 is 0 Å². The van der Waals surface area contributed by atoms with E-state index in [1.165, 1.54) is 4.90 Å². The molecular weight excluding hydrogens is 255 g/mol. The molecule has 3 nitrogen and oxygen atoms in total. The highest BCUT2D eigenvalue weighted by Crippen LogP contribution is 2.31. The summed E-state index contributed by atoms with van der Waals surface area (Å²) in [7, 11) is 0. The summed E-state index contributed by atoms with van der Waals surface area (Å²) < 4.78 is 37.4. The summed E-state index contributed by atoms with van der Waals surface area (Å²) in [4.78, 5) is 1.46. The van der Waals surface area contributed by atoms with Crippen molar-refractivity contribution in [3.63, 3.8) is 0 Å². The Morgan fingerprint density at radius 3 is 2.26 bits per heavy atom. The van der Waals surface area contributed by atoms with Crippen molar-refractivity contribution in [3.8, 4) is 0 Å². The van der Waals surface area contributed by atoms with Gasteiger partial charge in [-0.3, -0.25) is 10.3 Å². The zero-order chi connectivity index (χ0) is 14.0. The number of amidine groups is 1. The quantitative estimate of drug-likeness (QED) is 0.638. The van der Waals surface area contributed by atoms with Gasteiger partial charge in [0, 0.05) is 18.2 Å². The van der Waals surface area contributed by atoms with Crippen molar-refractivity contribution in [2.75, 3.05) is 6.54 Å². The van der Waals surface area contributed by atoms with Crippen LogP contribution in [0.4, 0.5) is 13.2 Å². The van der Waals surface area contributed by atoms with Crippen LogP contribution in [-0.2, 0) is 6.54 Å². The first kappa shape index (κ1) is 13.9. The average Bonchev–Trinajstić information content (AvgIpc) is 3.10. The van der Waals surface area contributed by atoms with Gasteiger partial charge in [0.05, 0.1) is 6.54 Å². The first-order valence-corrected chi connectivity index (χ1v) is 6.09. The summed E-state index contributed by atoms with van der Waals surface area (Å²) in [6.07, 6.45) is -2.49. The van der Waals surface area contributed by atoms with Crippen molar-refractivity contribution in [1.29, 1.82) is 5.41 Å². The molecule has 0 atom stereocenters. The van der Waals surface area contributed by atoms with Gasteiger partial charge in [0.15, 0.2) is 0 Å². The van der Waals surface area contributed by atoms with E-state index < -0.39 is 12.7 Å². The van der Waals surface area contributed by atoms with E-state index in [-0.39, 0.29) is 18.4 Å². The molecule has 2 rings (SSSR count). The standard InChI is InChI=1S/C13H16F3N3/c14-13(15,16)8-19(11-5-6-11)7-9-1-3-10(4-2-9)12(17)18/h1-4,11H,5-8H2,(H3,17,18). The minimum absolute atomic E-state index is 0.0408. The molecule has 0 aromatic heterocycles. The number of hydrogen-bond acceptors (Lipinski definition) is 2. The van der Waals surface area contributed by atoms with Crippen LogP contribution in [-0.4, -0.2) is 29.5 Å². The van der Waals surface area contributed by atoms with Crippen molar-refractivity contribution in [2.24, 2.45) is 5.73 Å². The molecule has 1 aromatic rings. The Labute approximate surface area is 109 Å². The summed E-state index contributed by atoms with van der Waals surface area (Å²) in [6, 6.07) is 6.83. The predicted octanol–water partition coefficient (Wildman–Crippen LogP) is 2.50. The average molecular weight is 271 g/mol. The Balaban J connectivity index is 2.02. The minimum atomic E-state index is -4.16. The number of benzene rings is 1. The van der Waals surface area contributed by atoms with E-state index in [2.05, 4.69) is 0 Å². The molecule has 1 aliphatic carbocycles. The van der Waals surface area contributed by atoms with Gasteiger partial charge in [-0.1, -0.05) is 24.3 Å². The van der Waals surface area contributed by atoms with Crippen LogP contribution < -0.4 is 5.73 Å². The van der Waals surface area contributed by atoms with E-state index in [0.29, 0.717) is 5.56 Å². The smallest absolute Gasteiger partial charge is 0.384 e. The zero-order valence-electron chi connectivity index (χ0n) is 10.4. The van der Waals surface area contributed by atoms with Gasteiger partial charge in [0.25, 0.3) is 0 Å². The molecular formula is C13H16F3N3. The molecule has 0 amide bonds. The molecule has 3 N–H and O–H groups in total. The highest BCUT2D eigenvalue weighted by Gasteiger charge is 2.37. The first-order valence-electron chi connectivity index (χ1n) is 6.09. The zero-order valence-corrected chi connectivity index (χ0v) is 10.4. The molecule has 1 fully saturated rings. The molecule has 1 aromatic carbocycles. The van der Waals surface area contributed by atoms with Crippen LogP contribution in [0.5, 0.6) is 0 Å². The Morgan fingerprint density at radius 2 is 1.84 bits per heavy atom. The fourth-order valence-electron chi connectivity index (χ4n) is 2.01. The van der Waals surface area contributed by atoms with Gasteiger partial charge in [-0.05, 0) is 18.4 Å². The summed E-state index contributed by atoms with van der Waals surface area (Å²) in [5.41, 5.74) is 6.72. The van der Waals surface area contributed by atoms with Gasteiger partial charge in [-0.2, -0.15) is 13.2 Å². The molecule has 0 bridgehead atoms. The molecule has 19 heavy (non-hydrogen) atoms. The van der Waals surface area contributed by atoms with Crippen molar-refractivity contribution in [1.82, 2.24) is 4.90 Å². The molecule has 104 valence electrons. The Kier molecular flexibility index (Phi) is 3.80. The normalized spacial score (nSPS) is 15.8. The lowest BCUT2D eigenvalue weighted by atomic mass is 10.1. The Bertz CT molecular complexity index is 449. The van der Waals surface area contributed by atoms with Crippen LogP contribution in [0.2, 0.25) is 0 Å². The number of nitrogens with two attached hydrogens (primary N) is 1. The number of hydrogen-bond donors (Lipinski definition) is 2. The molecule has 0 radical (unpaired) electrons. The third kappa shape index (κ3) is 4.24. The van der Waals surface area contributed by atoms with Gasteiger partial charge >= 0.3 is 6.18 Å². The topological polar surface area (TPSA) is 53.1 Å². The minimum Gasteiger partial charge on any atom is -0.384 e. The van der Waals surface area contributed by atoms with Crippen LogP contribution in [0.3, 0.4) is 0 Å². The van der Waals surface area contributed by atoms with Crippen LogP contribution in [0.15, 0.2) is 24.3 Å². The summed E-state index contributed by atoms with van der Waals surface area (Å²) >= 11 is 0. The summed E-state index contributed by atoms with van der Waals surface area (Å²) in [5.74, 6) is -0.0408. The molecule has 0 aliphatic heterocycles. The largest absolute Gasteiger partial charge is 0.401 e. The summed E-state index contributed by atoms with van der Waals surface area (Å²) in [6.45, 7) is -0.589. The molecule has 0 heterocycles. The maximum atomic E-state index is 12.5. The maximum Gasteiger partial charge on any atom is 0.401 e. The number of rotatable bonds is 5. The highest BCUT2D eigenvalue weighted by molar-refractivity contribution is 5.94. The highest BCUT2D eigenvalue weighted by atomic mass is 19.4. The first-order chi connectivity index (χ1) is 8.85. The van der Waals surface area contributed by atoms with Crippen LogP contribution in [0, 0.1) is 5.41 Å². The van der Waals surface area contributed by atoms with E-state index in [1.807, 2.05) is 0 Å². The monoisotopic (exact) mass is 271 g/mol. The number of nitrogens with zero attached hydrogens (tertiary/aromatic N) is 1. The second kappa shape index (κ2) is 5.21. The SMILES string of the molecule is N=C(N)c1ccc(CN(CC(F)(F)F)C2CC2)cc1.